The Morgan fingerprint density at radius 1 is 1.27 bits per heavy atom. The van der Waals surface area contributed by atoms with Crippen LogP contribution in [0.2, 0.25) is 0 Å². The summed E-state index contributed by atoms with van der Waals surface area (Å²) in [6, 6.07) is 8.40. The van der Waals surface area contributed by atoms with Crippen LogP contribution < -0.4 is 0 Å². The van der Waals surface area contributed by atoms with Gasteiger partial charge >= 0.3 is 0 Å². The third-order valence-corrected chi connectivity index (χ3v) is 4.23. The van der Waals surface area contributed by atoms with Gasteiger partial charge in [-0.1, -0.05) is 36.4 Å². The molecule has 2 aliphatic rings. The van der Waals surface area contributed by atoms with Crippen molar-refractivity contribution in [2.45, 2.75) is 5.25 Å². The Hall–Kier alpha value is -1.28. The molecule has 1 aliphatic carbocycles. The summed E-state index contributed by atoms with van der Waals surface area (Å²) in [4.78, 5) is 10.9. The molecule has 74 valence electrons. The van der Waals surface area contributed by atoms with Crippen LogP contribution in [0.15, 0.2) is 41.3 Å². The van der Waals surface area contributed by atoms with Crippen molar-refractivity contribution < 1.29 is 4.79 Å². The zero-order chi connectivity index (χ0) is 10.3. The van der Waals surface area contributed by atoms with E-state index in [2.05, 4.69) is 36.4 Å². The minimum atomic E-state index is 0.280. The second-order valence-corrected chi connectivity index (χ2v) is 4.82. The van der Waals surface area contributed by atoms with E-state index in [-0.39, 0.29) is 5.92 Å². The number of carbonyl (C=O) groups excluding carboxylic acids is 1. The molecule has 0 radical (unpaired) electrons. The highest BCUT2D eigenvalue weighted by Gasteiger charge is 2.32. The van der Waals surface area contributed by atoms with Gasteiger partial charge in [0.05, 0.1) is 0 Å². The predicted octanol–water partition coefficient (Wildman–Crippen LogP) is 3.20. The predicted molar refractivity (Wildman–Crippen MR) is 63.4 cm³/mol. The topological polar surface area (TPSA) is 17.1 Å². The fourth-order valence-electron chi connectivity index (χ4n) is 2.20. The molecule has 1 aliphatic heterocycles. The van der Waals surface area contributed by atoms with Crippen LogP contribution >= 0.6 is 11.8 Å². The lowest BCUT2D eigenvalue weighted by molar-refractivity contribution is -0.105. The lowest BCUT2D eigenvalue weighted by Gasteiger charge is -2.23. The summed E-state index contributed by atoms with van der Waals surface area (Å²) >= 11 is 1.76. The molecular formula is C13H10OS. The van der Waals surface area contributed by atoms with Gasteiger partial charge in [-0.2, -0.15) is 0 Å². The maximum atomic E-state index is 10.9. The molecule has 0 saturated carbocycles. The van der Waals surface area contributed by atoms with E-state index >= 15 is 0 Å². The molecule has 0 spiro atoms. The number of benzene rings is 1. The summed E-state index contributed by atoms with van der Waals surface area (Å²) < 4.78 is 0. The molecule has 0 unspecified atom stereocenters. The minimum absolute atomic E-state index is 0.280. The lowest BCUT2D eigenvalue weighted by atomic mass is 9.86. The third-order valence-electron chi connectivity index (χ3n) is 2.98. The van der Waals surface area contributed by atoms with Crippen molar-refractivity contribution >= 4 is 24.1 Å². The highest BCUT2D eigenvalue weighted by molar-refractivity contribution is 8.02. The maximum Gasteiger partial charge on any atom is 0.147 e. The molecule has 0 saturated heterocycles. The van der Waals surface area contributed by atoms with Gasteiger partial charge in [-0.25, -0.2) is 0 Å². The zero-order valence-electron chi connectivity index (χ0n) is 8.09. The fraction of sp³-hybridized carbons (Fsp3) is 0.154. The number of aldehydes is 1. The van der Waals surface area contributed by atoms with Crippen LogP contribution in [-0.4, -0.2) is 6.29 Å². The first-order chi connectivity index (χ1) is 7.40. The van der Waals surface area contributed by atoms with Gasteiger partial charge in [0, 0.05) is 16.7 Å². The molecule has 0 N–H and O–H groups in total. The molecule has 1 nitrogen and oxygen atoms in total. The van der Waals surface area contributed by atoms with E-state index in [1.165, 1.54) is 11.1 Å². The maximum absolute atomic E-state index is 10.9. The Bertz CT molecular complexity index is 473. The SMILES string of the molecule is O=CC1=CS[C@H]2c3ccccc3C=C[C@@H]12. The van der Waals surface area contributed by atoms with Gasteiger partial charge in [0.15, 0.2) is 0 Å². The van der Waals surface area contributed by atoms with Crippen LogP contribution in [0.3, 0.4) is 0 Å². The quantitative estimate of drug-likeness (QED) is 0.668. The first kappa shape index (κ1) is 8.98. The molecule has 2 heteroatoms. The van der Waals surface area contributed by atoms with E-state index in [1.807, 2.05) is 5.41 Å². The van der Waals surface area contributed by atoms with Crippen LogP contribution in [-0.2, 0) is 4.79 Å². The average Bonchev–Trinajstić information content (AvgIpc) is 2.72. The zero-order valence-corrected chi connectivity index (χ0v) is 8.91. The molecule has 0 fully saturated rings. The van der Waals surface area contributed by atoms with Gasteiger partial charge in [0.25, 0.3) is 0 Å². The molecule has 0 bridgehead atoms. The Labute approximate surface area is 92.9 Å². The fourth-order valence-corrected chi connectivity index (χ4v) is 3.50. The molecule has 15 heavy (non-hydrogen) atoms. The van der Waals surface area contributed by atoms with Crippen molar-refractivity contribution in [3.63, 3.8) is 0 Å². The van der Waals surface area contributed by atoms with Crippen molar-refractivity contribution in [3.05, 3.63) is 52.4 Å². The summed E-state index contributed by atoms with van der Waals surface area (Å²) in [5.74, 6) is 0.280. The van der Waals surface area contributed by atoms with E-state index in [0.29, 0.717) is 5.25 Å². The third kappa shape index (κ3) is 1.29. The number of carbonyl (C=O) groups is 1. The second-order valence-electron chi connectivity index (χ2n) is 3.81. The largest absolute Gasteiger partial charge is 0.298 e. The van der Waals surface area contributed by atoms with Crippen LogP contribution in [0.5, 0.6) is 0 Å². The van der Waals surface area contributed by atoms with Crippen molar-refractivity contribution in [2.24, 2.45) is 5.92 Å². The first-order valence-electron chi connectivity index (χ1n) is 4.98. The van der Waals surface area contributed by atoms with Crippen LogP contribution in [0.1, 0.15) is 16.4 Å². The minimum Gasteiger partial charge on any atom is -0.298 e. The number of allylic oxidation sites excluding steroid dienone is 2. The van der Waals surface area contributed by atoms with Crippen molar-refractivity contribution in [3.8, 4) is 0 Å². The standard InChI is InChI=1S/C13H10OS/c14-7-10-8-15-13-11-4-2-1-3-9(11)5-6-12(10)13/h1-8,12-13H/t12-,13-/m0/s1. The first-order valence-corrected chi connectivity index (χ1v) is 5.92. The van der Waals surface area contributed by atoms with E-state index in [9.17, 15) is 4.79 Å². The van der Waals surface area contributed by atoms with E-state index in [0.717, 1.165) is 11.9 Å². The summed E-state index contributed by atoms with van der Waals surface area (Å²) in [6.07, 6.45) is 5.25. The summed E-state index contributed by atoms with van der Waals surface area (Å²) in [5.41, 5.74) is 3.55. The van der Waals surface area contributed by atoms with Gasteiger partial charge in [-0.3, -0.25) is 4.79 Å². The highest BCUT2D eigenvalue weighted by atomic mass is 32.2. The molecule has 2 atom stereocenters. The summed E-state index contributed by atoms with van der Waals surface area (Å²) in [7, 11) is 0. The molecule has 0 amide bonds. The average molecular weight is 214 g/mol. The van der Waals surface area contributed by atoms with Gasteiger partial charge in [0.2, 0.25) is 0 Å². The molecule has 0 aromatic heterocycles. The number of fused-ring (bicyclic) bond motifs is 3. The van der Waals surface area contributed by atoms with E-state index in [4.69, 9.17) is 0 Å². The Morgan fingerprint density at radius 3 is 3.00 bits per heavy atom. The smallest absolute Gasteiger partial charge is 0.147 e. The lowest BCUT2D eigenvalue weighted by Crippen LogP contribution is -2.11. The van der Waals surface area contributed by atoms with Crippen LogP contribution in [0.25, 0.3) is 6.08 Å². The van der Waals surface area contributed by atoms with E-state index < -0.39 is 0 Å². The summed E-state index contributed by atoms with van der Waals surface area (Å²) in [5, 5.41) is 2.40. The number of thioether (sulfide) groups is 1. The number of hydrogen-bond acceptors (Lipinski definition) is 2. The van der Waals surface area contributed by atoms with Gasteiger partial charge < -0.3 is 0 Å². The Kier molecular flexibility index (Phi) is 2.03. The van der Waals surface area contributed by atoms with Gasteiger partial charge in [0.1, 0.15) is 6.29 Å². The number of rotatable bonds is 1. The Balaban J connectivity index is 2.08. The molecule has 1 aromatic carbocycles. The molecule has 1 aromatic rings. The summed E-state index contributed by atoms with van der Waals surface area (Å²) in [6.45, 7) is 0. The highest BCUT2D eigenvalue weighted by Crippen LogP contribution is 2.50. The molecule has 1 heterocycles. The second kappa shape index (κ2) is 3.38. The van der Waals surface area contributed by atoms with Gasteiger partial charge in [-0.05, 0) is 16.5 Å². The van der Waals surface area contributed by atoms with Gasteiger partial charge in [-0.15, -0.1) is 11.8 Å². The van der Waals surface area contributed by atoms with Crippen molar-refractivity contribution in [1.29, 1.82) is 0 Å². The van der Waals surface area contributed by atoms with Crippen molar-refractivity contribution in [1.82, 2.24) is 0 Å². The Morgan fingerprint density at radius 2 is 2.13 bits per heavy atom. The number of hydrogen-bond donors (Lipinski definition) is 0. The normalized spacial score (nSPS) is 26.8. The van der Waals surface area contributed by atoms with E-state index in [1.54, 1.807) is 11.8 Å². The van der Waals surface area contributed by atoms with Crippen LogP contribution in [0, 0.1) is 5.92 Å². The molecule has 3 rings (SSSR count). The van der Waals surface area contributed by atoms with Crippen molar-refractivity contribution in [2.75, 3.05) is 0 Å². The molecular weight excluding hydrogens is 204 g/mol. The van der Waals surface area contributed by atoms with Crippen LogP contribution in [0.4, 0.5) is 0 Å². The monoisotopic (exact) mass is 214 g/mol.